The molecule has 0 amide bonds. The van der Waals surface area contributed by atoms with Crippen LogP contribution in [0, 0.1) is 16.2 Å². The molecule has 2 aliphatic carbocycles. The number of unbranched alkanes of at least 4 members (excludes halogenated alkanes) is 1. The molecule has 0 bridgehead atoms. The van der Waals surface area contributed by atoms with Crippen LogP contribution < -0.4 is 15.0 Å². The first kappa shape index (κ1) is 56.3. The van der Waals surface area contributed by atoms with E-state index in [-0.39, 0.29) is 33.1 Å². The molecular weight excluding hydrogens is 856 g/mol. The van der Waals surface area contributed by atoms with Gasteiger partial charge >= 0.3 is 0 Å². The van der Waals surface area contributed by atoms with Crippen LogP contribution in [0.2, 0.25) is 19.1 Å². The second-order valence-corrected chi connectivity index (χ2v) is 27.3. The summed E-state index contributed by atoms with van der Waals surface area (Å²) < 4.78 is 2.53. The van der Waals surface area contributed by atoms with Gasteiger partial charge in [0.1, 0.15) is 0 Å². The van der Waals surface area contributed by atoms with Crippen LogP contribution >= 0.6 is 11.3 Å². The Hall–Kier alpha value is -4.32. The van der Waals surface area contributed by atoms with E-state index in [1.807, 2.05) is 35.6 Å². The summed E-state index contributed by atoms with van der Waals surface area (Å²) >= 11 is 1.90. The van der Waals surface area contributed by atoms with Crippen LogP contribution in [-0.4, -0.2) is 28.7 Å². The third kappa shape index (κ3) is 14.6. The Morgan fingerprint density at radius 1 is 0.853 bits per heavy atom. The van der Waals surface area contributed by atoms with Crippen LogP contribution in [0.25, 0.3) is 10.1 Å². The van der Waals surface area contributed by atoms with Gasteiger partial charge in [-0.1, -0.05) is 215 Å². The average molecular weight is 945 g/mol. The van der Waals surface area contributed by atoms with Crippen molar-refractivity contribution in [3.05, 3.63) is 180 Å². The van der Waals surface area contributed by atoms with Crippen molar-refractivity contribution in [2.24, 2.45) is 16.2 Å². The van der Waals surface area contributed by atoms with E-state index >= 15 is 0 Å². The molecule has 1 heterocycles. The van der Waals surface area contributed by atoms with Gasteiger partial charge in [0.05, 0.1) is 5.69 Å². The Morgan fingerprint density at radius 2 is 1.50 bits per heavy atom. The number of fused-ring (bicyclic) bond motifs is 2. The molecule has 1 atom stereocenters. The molecule has 1 aromatic heterocycles. The molecule has 1 N–H and O–H groups in total. The Balaban J connectivity index is 2.02. The standard InChI is InChI=1S/C63H89BN2SSi/c1-20-25-36-61(12,13)48(24-5)31-26-39-64-58-57(51-44-54-55(45-56(51)67-58)63(16,17)38-37-62(54,14)15)66(41-35-47(30-27-42-68(18)19)46(23-4)28-21-2)50(29-22-3)34-40-65-49-32-33-52(59(6,7)8)53(43-49)60(9,10)11/h21-24,26-31,33-35,39-40,43-45,49,65H,2-5,20,25,32,36-38,41-42H2,1,6-19H3/b30-27-,39-26+,40-34+,46-28+,47-35+,48-31+,50-29+. The van der Waals surface area contributed by atoms with E-state index in [0.29, 0.717) is 6.54 Å². The number of rotatable bonds is 22. The van der Waals surface area contributed by atoms with Crippen LogP contribution in [0.3, 0.4) is 0 Å². The molecular formula is C63H89BN2SSi. The lowest BCUT2D eigenvalue weighted by Crippen LogP contribution is -2.33. The second kappa shape index (κ2) is 24.0. The van der Waals surface area contributed by atoms with Crippen molar-refractivity contribution in [3.8, 4) is 0 Å². The van der Waals surface area contributed by atoms with E-state index < -0.39 is 8.80 Å². The van der Waals surface area contributed by atoms with E-state index in [1.54, 1.807) is 0 Å². The fraction of sp³-hybridized carbons (Fsp3) is 0.460. The van der Waals surface area contributed by atoms with E-state index in [4.69, 9.17) is 0 Å². The van der Waals surface area contributed by atoms with Gasteiger partial charge in [0, 0.05) is 37.2 Å². The Bertz CT molecular complexity index is 2410. The number of anilines is 1. The molecule has 0 saturated heterocycles. The fourth-order valence-corrected chi connectivity index (χ4v) is 11.4. The highest BCUT2D eigenvalue weighted by Gasteiger charge is 2.38. The lowest BCUT2D eigenvalue weighted by Gasteiger charge is -2.42. The first-order valence-corrected chi connectivity index (χ1v) is 28.9. The van der Waals surface area contributed by atoms with Crippen molar-refractivity contribution < 1.29 is 0 Å². The Morgan fingerprint density at radius 3 is 2.07 bits per heavy atom. The van der Waals surface area contributed by atoms with Crippen molar-refractivity contribution in [3.63, 3.8) is 0 Å². The molecule has 2 radical (unpaired) electrons. The summed E-state index contributed by atoms with van der Waals surface area (Å²) in [6, 6.07) is 6.35. The monoisotopic (exact) mass is 945 g/mol. The smallest absolute Gasteiger partial charge is 0.198 e. The molecule has 1 unspecified atom stereocenters. The Labute approximate surface area is 423 Å². The van der Waals surface area contributed by atoms with Gasteiger partial charge in [-0.2, -0.15) is 0 Å². The molecule has 2 aromatic rings. The first-order valence-electron chi connectivity index (χ1n) is 25.4. The highest BCUT2D eigenvalue weighted by molar-refractivity contribution is 7.28. The zero-order valence-corrected chi connectivity index (χ0v) is 47.2. The molecule has 364 valence electrons. The largest absolute Gasteiger partial charge is 0.384 e. The molecule has 68 heavy (non-hydrogen) atoms. The van der Waals surface area contributed by atoms with Gasteiger partial charge in [-0.15, -0.1) is 17.3 Å². The molecule has 0 spiro atoms. The minimum Gasteiger partial charge on any atom is -0.384 e. The van der Waals surface area contributed by atoms with Gasteiger partial charge in [0.2, 0.25) is 0 Å². The lowest BCUT2D eigenvalue weighted by molar-refractivity contribution is 0.332. The summed E-state index contributed by atoms with van der Waals surface area (Å²) in [6.45, 7) is 52.9. The van der Waals surface area contributed by atoms with Crippen molar-refractivity contribution in [1.82, 2.24) is 5.32 Å². The zero-order chi connectivity index (χ0) is 50.7. The van der Waals surface area contributed by atoms with Crippen molar-refractivity contribution in [2.45, 2.75) is 165 Å². The van der Waals surface area contributed by atoms with Crippen LogP contribution in [0.15, 0.2) is 169 Å². The third-order valence-electron chi connectivity index (χ3n) is 13.9. The van der Waals surface area contributed by atoms with Crippen LogP contribution in [0.5, 0.6) is 0 Å². The molecule has 5 heteroatoms. The number of thiophene rings is 1. The van der Waals surface area contributed by atoms with Gasteiger partial charge < -0.3 is 10.2 Å². The summed E-state index contributed by atoms with van der Waals surface area (Å²) in [6.07, 6.45) is 39.6. The normalized spacial score (nSPS) is 18.6. The molecule has 4 rings (SSSR count). The van der Waals surface area contributed by atoms with Crippen LogP contribution in [0.4, 0.5) is 5.69 Å². The van der Waals surface area contributed by atoms with Crippen molar-refractivity contribution >= 4 is 48.0 Å². The van der Waals surface area contributed by atoms with Gasteiger partial charge in [-0.3, -0.25) is 0 Å². The van der Waals surface area contributed by atoms with Crippen molar-refractivity contribution in [1.29, 1.82) is 0 Å². The van der Waals surface area contributed by atoms with E-state index in [0.717, 1.165) is 42.1 Å². The number of hydrogen-bond donors (Lipinski definition) is 1. The second-order valence-electron chi connectivity index (χ2n) is 23.4. The fourth-order valence-electron chi connectivity index (χ4n) is 9.63. The topological polar surface area (TPSA) is 15.3 Å². The maximum atomic E-state index is 4.29. The highest BCUT2D eigenvalue weighted by atomic mass is 32.1. The van der Waals surface area contributed by atoms with Crippen LogP contribution in [0.1, 0.15) is 140 Å². The van der Waals surface area contributed by atoms with Gasteiger partial charge in [0.15, 0.2) is 7.28 Å². The molecule has 0 fully saturated rings. The molecule has 2 aliphatic rings. The quantitative estimate of drug-likeness (QED) is 0.0935. The van der Waals surface area contributed by atoms with Crippen LogP contribution in [-0.2, 0) is 10.8 Å². The highest BCUT2D eigenvalue weighted by Crippen LogP contribution is 2.49. The predicted molar refractivity (Wildman–Crippen MR) is 313 cm³/mol. The summed E-state index contributed by atoms with van der Waals surface area (Å²) in [4.78, 5) is 2.51. The predicted octanol–water partition coefficient (Wildman–Crippen LogP) is 17.7. The summed E-state index contributed by atoms with van der Waals surface area (Å²) in [5.41, 5.74) is 11.8. The van der Waals surface area contributed by atoms with Gasteiger partial charge in [-0.05, 0) is 133 Å². The number of benzene rings is 1. The summed E-state index contributed by atoms with van der Waals surface area (Å²) in [5.74, 6) is 2.23. The SMILES string of the molecule is C=C/C=C(C=C)/C(/C=C\C[Si](C)C)=C/CN(C(/C=C/NC1C=C(C(C)(C)C)C(C(C)(C)C)=CC1)=C/C=C)c1c([B]/C=C/C=C(\C=C)C(C)(C)CCCC)sc2cc3c(cc12)C(C)(C)CCC3(C)C. The molecule has 2 nitrogen and oxygen atoms in total. The summed E-state index contributed by atoms with van der Waals surface area (Å²) in [7, 11) is 1.89. The minimum absolute atomic E-state index is 0.0338. The number of hydrogen-bond acceptors (Lipinski definition) is 3. The average Bonchev–Trinajstić information content (AvgIpc) is 3.61. The van der Waals surface area contributed by atoms with Gasteiger partial charge in [-0.25, -0.2) is 0 Å². The minimum atomic E-state index is -0.440. The van der Waals surface area contributed by atoms with E-state index in [2.05, 4.69) is 232 Å². The maximum absolute atomic E-state index is 4.29. The zero-order valence-electron chi connectivity index (χ0n) is 45.4. The molecule has 0 saturated carbocycles. The van der Waals surface area contributed by atoms with Crippen molar-refractivity contribution in [2.75, 3.05) is 11.4 Å². The maximum Gasteiger partial charge on any atom is 0.198 e. The Kier molecular flexibility index (Phi) is 19.9. The van der Waals surface area contributed by atoms with E-state index in [9.17, 15) is 0 Å². The number of allylic oxidation sites excluding steroid dienone is 16. The summed E-state index contributed by atoms with van der Waals surface area (Å²) in [5, 5.41) is 5.12. The first-order chi connectivity index (χ1) is 31.8. The lowest BCUT2D eigenvalue weighted by atomic mass is 9.63. The van der Waals surface area contributed by atoms with E-state index in [1.165, 1.54) is 67.7 Å². The number of nitrogens with one attached hydrogen (secondary N) is 1. The molecule has 0 aliphatic heterocycles. The molecule has 1 aromatic carbocycles. The number of nitrogens with zero attached hydrogens (tertiary/aromatic N) is 1. The van der Waals surface area contributed by atoms with Gasteiger partial charge in [0.25, 0.3) is 0 Å². The third-order valence-corrected chi connectivity index (χ3v) is 16.1.